The molecule has 2 heteroatoms. The molecule has 0 rings (SSSR count). The molecule has 0 heterocycles. The van der Waals surface area contributed by atoms with Crippen molar-refractivity contribution in [2.45, 2.75) is 78.0 Å². The molecule has 108 valence electrons. The molecule has 0 aliphatic heterocycles. The van der Waals surface area contributed by atoms with Crippen LogP contribution in [0.1, 0.15) is 68.2 Å². The summed E-state index contributed by atoms with van der Waals surface area (Å²) >= 11 is 12.6. The summed E-state index contributed by atoms with van der Waals surface area (Å²) in [6.45, 7) is 17.2. The van der Waals surface area contributed by atoms with Gasteiger partial charge in [-0.2, -0.15) is 0 Å². The maximum atomic E-state index is 6.32. The van der Waals surface area contributed by atoms with Crippen molar-refractivity contribution >= 4 is 23.2 Å². The van der Waals surface area contributed by atoms with Crippen molar-refractivity contribution in [3.8, 4) is 0 Å². The standard InChI is InChI=1S/C16H30Cl2/c1-13(2,11-15(5,6)17)9-10-14(3,4)12-16(7,8)18/h9-10H,11-12H2,1-8H3/b10-9+. The van der Waals surface area contributed by atoms with Gasteiger partial charge in [0.15, 0.2) is 0 Å². The van der Waals surface area contributed by atoms with Crippen molar-refractivity contribution in [1.29, 1.82) is 0 Å². The van der Waals surface area contributed by atoms with Crippen molar-refractivity contribution in [3.05, 3.63) is 12.2 Å². The highest BCUT2D eigenvalue weighted by molar-refractivity contribution is 6.23. The molecule has 0 aromatic heterocycles. The summed E-state index contributed by atoms with van der Waals surface area (Å²) in [5, 5.41) is 0. The molecule has 0 atom stereocenters. The van der Waals surface area contributed by atoms with Crippen molar-refractivity contribution < 1.29 is 0 Å². The van der Waals surface area contributed by atoms with Gasteiger partial charge in [0.2, 0.25) is 0 Å². The Morgan fingerprint density at radius 2 is 0.833 bits per heavy atom. The molecule has 0 amide bonds. The lowest BCUT2D eigenvalue weighted by atomic mass is 9.78. The summed E-state index contributed by atoms with van der Waals surface area (Å²) in [5.74, 6) is 0. The van der Waals surface area contributed by atoms with Crippen LogP contribution in [0, 0.1) is 10.8 Å². The van der Waals surface area contributed by atoms with E-state index in [2.05, 4.69) is 67.5 Å². The van der Waals surface area contributed by atoms with Crippen LogP contribution in [0.2, 0.25) is 0 Å². The first kappa shape index (κ1) is 18.3. The lowest BCUT2D eigenvalue weighted by Gasteiger charge is -2.32. The number of halogens is 2. The molecular weight excluding hydrogens is 263 g/mol. The average molecular weight is 293 g/mol. The fourth-order valence-corrected chi connectivity index (χ4v) is 3.42. The van der Waals surface area contributed by atoms with Crippen molar-refractivity contribution in [3.63, 3.8) is 0 Å². The van der Waals surface area contributed by atoms with E-state index in [0.29, 0.717) is 0 Å². The first-order valence-electron chi connectivity index (χ1n) is 6.70. The van der Waals surface area contributed by atoms with Crippen LogP contribution in [0.15, 0.2) is 12.2 Å². The second-order valence-corrected chi connectivity index (χ2v) is 10.1. The van der Waals surface area contributed by atoms with E-state index < -0.39 is 0 Å². The van der Waals surface area contributed by atoms with Crippen LogP contribution in [0.3, 0.4) is 0 Å². The Morgan fingerprint density at radius 3 is 1.00 bits per heavy atom. The van der Waals surface area contributed by atoms with Gasteiger partial charge in [0.25, 0.3) is 0 Å². The zero-order chi connectivity index (χ0) is 14.8. The predicted molar refractivity (Wildman–Crippen MR) is 85.8 cm³/mol. The van der Waals surface area contributed by atoms with Crippen LogP contribution in [0.4, 0.5) is 0 Å². The highest BCUT2D eigenvalue weighted by Crippen LogP contribution is 2.37. The van der Waals surface area contributed by atoms with Gasteiger partial charge in [-0.25, -0.2) is 0 Å². The lowest BCUT2D eigenvalue weighted by molar-refractivity contribution is 0.357. The van der Waals surface area contributed by atoms with Gasteiger partial charge in [-0.05, 0) is 51.4 Å². The van der Waals surface area contributed by atoms with E-state index in [0.717, 1.165) is 12.8 Å². The monoisotopic (exact) mass is 292 g/mol. The molecule has 0 saturated heterocycles. The van der Waals surface area contributed by atoms with Gasteiger partial charge in [0.1, 0.15) is 0 Å². The Kier molecular flexibility index (Phi) is 5.85. The summed E-state index contributed by atoms with van der Waals surface area (Å²) in [5.41, 5.74) is 0.220. The first-order chi connectivity index (χ1) is 7.62. The fraction of sp³-hybridized carbons (Fsp3) is 0.875. The minimum absolute atomic E-state index is 0.110. The highest BCUT2D eigenvalue weighted by atomic mass is 35.5. The van der Waals surface area contributed by atoms with Crippen molar-refractivity contribution in [2.75, 3.05) is 0 Å². The molecule has 0 saturated carbocycles. The minimum Gasteiger partial charge on any atom is -0.120 e. The third-order valence-corrected chi connectivity index (χ3v) is 3.00. The van der Waals surface area contributed by atoms with Crippen LogP contribution in [-0.2, 0) is 0 Å². The number of hydrogen-bond acceptors (Lipinski definition) is 0. The van der Waals surface area contributed by atoms with Gasteiger partial charge in [-0.3, -0.25) is 0 Å². The normalized spacial score (nSPS) is 15.4. The maximum absolute atomic E-state index is 6.32. The molecule has 0 nitrogen and oxygen atoms in total. The summed E-state index contributed by atoms with van der Waals surface area (Å²) in [4.78, 5) is -0.326. The molecule has 0 aliphatic rings. The number of allylic oxidation sites excluding steroid dienone is 2. The van der Waals surface area contributed by atoms with E-state index in [-0.39, 0.29) is 20.6 Å². The third kappa shape index (κ3) is 10.3. The zero-order valence-corrected chi connectivity index (χ0v) is 14.8. The van der Waals surface area contributed by atoms with Crippen LogP contribution < -0.4 is 0 Å². The van der Waals surface area contributed by atoms with Gasteiger partial charge in [0.05, 0.1) is 0 Å². The van der Waals surface area contributed by atoms with E-state index >= 15 is 0 Å². The SMILES string of the molecule is CC(C)(Cl)CC(C)(C)/C=C/C(C)(C)CC(C)(C)Cl. The van der Waals surface area contributed by atoms with Gasteiger partial charge in [-0.1, -0.05) is 39.8 Å². The molecule has 0 aromatic rings. The Morgan fingerprint density at radius 1 is 0.611 bits per heavy atom. The van der Waals surface area contributed by atoms with E-state index in [1.807, 2.05) is 0 Å². The predicted octanol–water partition coefficient (Wildman–Crippen LogP) is 6.41. The van der Waals surface area contributed by atoms with Crippen molar-refractivity contribution in [2.24, 2.45) is 10.8 Å². The summed E-state index contributed by atoms with van der Waals surface area (Å²) < 4.78 is 0. The zero-order valence-electron chi connectivity index (χ0n) is 13.3. The lowest BCUT2D eigenvalue weighted by Crippen LogP contribution is -2.24. The topological polar surface area (TPSA) is 0 Å². The second kappa shape index (κ2) is 5.75. The number of hydrogen-bond donors (Lipinski definition) is 0. The molecule has 0 fully saturated rings. The van der Waals surface area contributed by atoms with E-state index in [1.165, 1.54) is 0 Å². The Labute approximate surface area is 124 Å². The van der Waals surface area contributed by atoms with Gasteiger partial charge < -0.3 is 0 Å². The van der Waals surface area contributed by atoms with Crippen LogP contribution in [0.5, 0.6) is 0 Å². The minimum atomic E-state index is -0.163. The van der Waals surface area contributed by atoms with Gasteiger partial charge >= 0.3 is 0 Å². The van der Waals surface area contributed by atoms with Gasteiger partial charge in [-0.15, -0.1) is 23.2 Å². The van der Waals surface area contributed by atoms with E-state index in [9.17, 15) is 0 Å². The summed E-state index contributed by atoms with van der Waals surface area (Å²) in [6.07, 6.45) is 6.50. The Balaban J connectivity index is 4.71. The molecule has 0 unspecified atom stereocenters. The maximum Gasteiger partial charge on any atom is 0.0398 e. The van der Waals surface area contributed by atoms with Gasteiger partial charge in [0, 0.05) is 9.75 Å². The molecule has 0 aromatic carbocycles. The molecule has 0 aliphatic carbocycles. The highest BCUT2D eigenvalue weighted by Gasteiger charge is 2.28. The summed E-state index contributed by atoms with van der Waals surface area (Å²) in [6, 6.07) is 0. The second-order valence-electron chi connectivity index (χ2n) is 8.10. The molecule has 0 N–H and O–H groups in total. The quantitative estimate of drug-likeness (QED) is 0.392. The Bertz CT molecular complexity index is 255. The van der Waals surface area contributed by atoms with E-state index in [1.54, 1.807) is 0 Å². The van der Waals surface area contributed by atoms with Crippen molar-refractivity contribution in [1.82, 2.24) is 0 Å². The largest absolute Gasteiger partial charge is 0.120 e. The van der Waals surface area contributed by atoms with Crippen LogP contribution in [0.25, 0.3) is 0 Å². The average Bonchev–Trinajstić information content (AvgIpc) is 1.91. The first-order valence-corrected chi connectivity index (χ1v) is 7.46. The third-order valence-electron chi connectivity index (χ3n) is 2.74. The molecule has 18 heavy (non-hydrogen) atoms. The molecule has 0 spiro atoms. The summed E-state index contributed by atoms with van der Waals surface area (Å²) in [7, 11) is 0. The smallest absolute Gasteiger partial charge is 0.0398 e. The van der Waals surface area contributed by atoms with E-state index in [4.69, 9.17) is 23.2 Å². The molecule has 0 bridgehead atoms. The number of rotatable bonds is 6. The Hall–Kier alpha value is 0.320. The number of alkyl halides is 2. The fourth-order valence-electron chi connectivity index (χ4n) is 2.74. The molecular formula is C16H30Cl2. The van der Waals surface area contributed by atoms with Crippen LogP contribution in [-0.4, -0.2) is 9.75 Å². The molecule has 0 radical (unpaired) electrons. The van der Waals surface area contributed by atoms with Crippen LogP contribution >= 0.6 is 23.2 Å².